The van der Waals surface area contributed by atoms with Crippen LogP contribution in [0, 0.1) is 5.82 Å². The van der Waals surface area contributed by atoms with Gasteiger partial charge in [0.15, 0.2) is 0 Å². The lowest BCUT2D eigenvalue weighted by molar-refractivity contribution is 0.150. The standard InChI is InChI=1S/C23H26FN7O2/c1-29-8-10-30(11-9-29)20-12-16(2-3-18(20)24)27-21-17-13-19(28-22(17)26-14-25-21)15-4-6-31(7-5-15)23(32)33/h2-4,12-14H,5-11H2,1H3,(H,32,33)(H2,25,26,27,28). The molecule has 0 bridgehead atoms. The van der Waals surface area contributed by atoms with Gasteiger partial charge in [-0.05, 0) is 43.3 Å². The number of carboxylic acid groups (broad SMARTS) is 1. The number of amides is 1. The van der Waals surface area contributed by atoms with Crippen LogP contribution in [0.25, 0.3) is 16.6 Å². The van der Waals surface area contributed by atoms with E-state index >= 15 is 0 Å². The summed E-state index contributed by atoms with van der Waals surface area (Å²) in [6.45, 7) is 4.18. The summed E-state index contributed by atoms with van der Waals surface area (Å²) in [5, 5.41) is 13.3. The van der Waals surface area contributed by atoms with Crippen molar-refractivity contribution in [3.05, 3.63) is 48.2 Å². The number of hydrogen-bond acceptors (Lipinski definition) is 6. The third-order valence-corrected chi connectivity index (χ3v) is 6.30. The van der Waals surface area contributed by atoms with Crippen LogP contribution in [0.5, 0.6) is 0 Å². The topological polar surface area (TPSA) is 101 Å². The maximum Gasteiger partial charge on any atom is 0.407 e. The van der Waals surface area contributed by atoms with Crippen molar-refractivity contribution in [1.82, 2.24) is 24.8 Å². The summed E-state index contributed by atoms with van der Waals surface area (Å²) in [4.78, 5) is 28.9. The Balaban J connectivity index is 1.40. The van der Waals surface area contributed by atoms with Crippen molar-refractivity contribution in [3.8, 4) is 0 Å². The molecule has 1 aromatic carbocycles. The molecule has 3 N–H and O–H groups in total. The molecule has 3 aromatic rings. The van der Waals surface area contributed by atoms with Gasteiger partial charge in [-0.25, -0.2) is 19.2 Å². The highest BCUT2D eigenvalue weighted by Crippen LogP contribution is 2.31. The molecule has 0 saturated carbocycles. The number of H-pyrrole nitrogens is 1. The van der Waals surface area contributed by atoms with Crippen molar-refractivity contribution >= 4 is 39.9 Å². The molecular formula is C23H26FN7O2. The minimum Gasteiger partial charge on any atom is -0.465 e. The Labute approximate surface area is 190 Å². The van der Waals surface area contributed by atoms with E-state index in [0.717, 1.165) is 48.5 Å². The van der Waals surface area contributed by atoms with Gasteiger partial charge >= 0.3 is 6.09 Å². The summed E-state index contributed by atoms with van der Waals surface area (Å²) >= 11 is 0. The van der Waals surface area contributed by atoms with Gasteiger partial charge in [0, 0.05) is 50.6 Å². The summed E-state index contributed by atoms with van der Waals surface area (Å²) in [5.41, 5.74) is 3.97. The zero-order chi connectivity index (χ0) is 22.9. The highest BCUT2D eigenvalue weighted by molar-refractivity contribution is 5.92. The monoisotopic (exact) mass is 451 g/mol. The van der Waals surface area contributed by atoms with E-state index in [1.165, 1.54) is 17.3 Å². The van der Waals surface area contributed by atoms with Crippen LogP contribution in [-0.4, -0.2) is 82.3 Å². The molecule has 2 aliphatic rings. The largest absolute Gasteiger partial charge is 0.465 e. The van der Waals surface area contributed by atoms with E-state index < -0.39 is 6.09 Å². The van der Waals surface area contributed by atoms with E-state index in [0.29, 0.717) is 36.7 Å². The molecule has 33 heavy (non-hydrogen) atoms. The number of hydrogen-bond donors (Lipinski definition) is 3. The van der Waals surface area contributed by atoms with Crippen molar-refractivity contribution in [2.24, 2.45) is 0 Å². The van der Waals surface area contributed by atoms with E-state index in [4.69, 9.17) is 5.11 Å². The Morgan fingerprint density at radius 1 is 1.15 bits per heavy atom. The lowest BCUT2D eigenvalue weighted by Crippen LogP contribution is -2.44. The first-order chi connectivity index (χ1) is 16.0. The predicted molar refractivity (Wildman–Crippen MR) is 125 cm³/mol. The van der Waals surface area contributed by atoms with E-state index in [1.807, 2.05) is 18.2 Å². The number of aromatic nitrogens is 3. The van der Waals surface area contributed by atoms with Gasteiger partial charge in [0.05, 0.1) is 11.1 Å². The first-order valence-corrected chi connectivity index (χ1v) is 11.0. The minimum atomic E-state index is -0.908. The second kappa shape index (κ2) is 8.70. The highest BCUT2D eigenvalue weighted by atomic mass is 19.1. The Kier molecular flexibility index (Phi) is 5.59. The van der Waals surface area contributed by atoms with Crippen LogP contribution in [0.2, 0.25) is 0 Å². The smallest absolute Gasteiger partial charge is 0.407 e. The average molecular weight is 452 g/mol. The first kappa shape index (κ1) is 21.2. The molecular weight excluding hydrogens is 425 g/mol. The first-order valence-electron chi connectivity index (χ1n) is 11.0. The molecule has 1 amide bonds. The molecule has 1 saturated heterocycles. The van der Waals surface area contributed by atoms with E-state index in [1.54, 1.807) is 6.07 Å². The number of rotatable bonds is 4. The number of benzene rings is 1. The predicted octanol–water partition coefficient (Wildman–Crippen LogP) is 3.36. The zero-order valence-corrected chi connectivity index (χ0v) is 18.4. The van der Waals surface area contributed by atoms with Crippen LogP contribution in [0.1, 0.15) is 12.1 Å². The average Bonchev–Trinajstić information content (AvgIpc) is 3.26. The maximum atomic E-state index is 14.6. The fourth-order valence-electron chi connectivity index (χ4n) is 4.32. The zero-order valence-electron chi connectivity index (χ0n) is 18.4. The van der Waals surface area contributed by atoms with Crippen LogP contribution in [-0.2, 0) is 0 Å². The molecule has 172 valence electrons. The van der Waals surface area contributed by atoms with Crippen LogP contribution < -0.4 is 10.2 Å². The summed E-state index contributed by atoms with van der Waals surface area (Å²) in [5.74, 6) is 0.392. The van der Waals surface area contributed by atoms with Gasteiger partial charge in [0.25, 0.3) is 0 Å². The quantitative estimate of drug-likeness (QED) is 0.559. The molecule has 0 radical (unpaired) electrons. The van der Waals surface area contributed by atoms with Crippen LogP contribution in [0.15, 0.2) is 36.7 Å². The number of likely N-dealkylation sites (N-methyl/N-ethyl adjacent to an activating group) is 1. The molecule has 0 aliphatic carbocycles. The molecule has 0 spiro atoms. The molecule has 2 aromatic heterocycles. The van der Waals surface area contributed by atoms with Gasteiger partial charge in [-0.15, -0.1) is 0 Å². The van der Waals surface area contributed by atoms with Gasteiger partial charge in [0.1, 0.15) is 23.6 Å². The van der Waals surface area contributed by atoms with Crippen molar-refractivity contribution in [2.45, 2.75) is 6.42 Å². The Hall–Kier alpha value is -3.66. The molecule has 2 aliphatic heterocycles. The lowest BCUT2D eigenvalue weighted by atomic mass is 10.1. The molecule has 4 heterocycles. The molecule has 0 atom stereocenters. The van der Waals surface area contributed by atoms with Gasteiger partial charge in [-0.2, -0.15) is 0 Å². The molecule has 0 unspecified atom stereocenters. The summed E-state index contributed by atoms with van der Waals surface area (Å²) in [6.07, 6.45) is 3.12. The number of aromatic amines is 1. The normalized spacial score (nSPS) is 17.3. The fourth-order valence-corrected chi connectivity index (χ4v) is 4.32. The van der Waals surface area contributed by atoms with Gasteiger partial charge < -0.3 is 30.1 Å². The number of nitrogens with zero attached hydrogens (tertiary/aromatic N) is 5. The Bertz CT molecular complexity index is 1220. The Morgan fingerprint density at radius 3 is 2.70 bits per heavy atom. The molecule has 9 nitrogen and oxygen atoms in total. The maximum absolute atomic E-state index is 14.6. The minimum absolute atomic E-state index is 0.235. The number of carbonyl (C=O) groups is 1. The lowest BCUT2D eigenvalue weighted by Gasteiger charge is -2.34. The number of piperazine rings is 1. The SMILES string of the molecule is CN1CCN(c2cc(Nc3ncnc4[nH]c(C5=CCN(C(=O)O)CC5)cc34)ccc2F)CC1. The highest BCUT2D eigenvalue weighted by Gasteiger charge is 2.20. The number of anilines is 3. The molecule has 1 fully saturated rings. The van der Waals surface area contributed by atoms with Crippen LogP contribution in [0.4, 0.5) is 26.4 Å². The summed E-state index contributed by atoms with van der Waals surface area (Å²) in [7, 11) is 2.07. The second-order valence-corrected chi connectivity index (χ2v) is 8.46. The molecule has 5 rings (SSSR count). The number of fused-ring (bicyclic) bond motifs is 1. The van der Waals surface area contributed by atoms with Crippen molar-refractivity contribution in [3.63, 3.8) is 0 Å². The van der Waals surface area contributed by atoms with Gasteiger partial charge in [-0.1, -0.05) is 6.08 Å². The van der Waals surface area contributed by atoms with Crippen molar-refractivity contribution in [2.75, 3.05) is 56.5 Å². The van der Waals surface area contributed by atoms with Crippen molar-refractivity contribution in [1.29, 1.82) is 0 Å². The third-order valence-electron chi connectivity index (χ3n) is 6.30. The van der Waals surface area contributed by atoms with Crippen LogP contribution in [0.3, 0.4) is 0 Å². The van der Waals surface area contributed by atoms with Crippen LogP contribution >= 0.6 is 0 Å². The van der Waals surface area contributed by atoms with E-state index in [2.05, 4.69) is 37.1 Å². The second-order valence-electron chi connectivity index (χ2n) is 8.46. The number of halogens is 1. The molecule has 10 heteroatoms. The summed E-state index contributed by atoms with van der Waals surface area (Å²) < 4.78 is 14.6. The Morgan fingerprint density at radius 2 is 1.97 bits per heavy atom. The fraction of sp³-hybridized carbons (Fsp3) is 0.348. The third kappa shape index (κ3) is 4.34. The van der Waals surface area contributed by atoms with E-state index in [9.17, 15) is 9.18 Å². The van der Waals surface area contributed by atoms with Crippen molar-refractivity contribution < 1.29 is 14.3 Å². The number of nitrogens with one attached hydrogen (secondary N) is 2. The van der Waals surface area contributed by atoms with Gasteiger partial charge in [-0.3, -0.25) is 0 Å². The van der Waals surface area contributed by atoms with Gasteiger partial charge in [0.2, 0.25) is 0 Å². The summed E-state index contributed by atoms with van der Waals surface area (Å²) in [6, 6.07) is 7.00. The van der Waals surface area contributed by atoms with E-state index in [-0.39, 0.29) is 5.82 Å².